The van der Waals surface area contributed by atoms with Gasteiger partial charge in [0.1, 0.15) is 11.5 Å². The number of carbonyl (C=O) groups is 1. The normalized spacial score (nSPS) is 11.4. The molecule has 2 aromatic carbocycles. The molecule has 0 saturated heterocycles. The molecular weight excluding hydrogens is 350 g/mol. The van der Waals surface area contributed by atoms with Crippen molar-refractivity contribution in [3.05, 3.63) is 71.8 Å². The Morgan fingerprint density at radius 1 is 1.21 bits per heavy atom. The Hall–Kier alpha value is -3.01. The number of hydrogen-bond donors (Lipinski definition) is 2. The van der Waals surface area contributed by atoms with Gasteiger partial charge in [-0.25, -0.2) is 0 Å². The molecule has 0 aliphatic carbocycles. The summed E-state index contributed by atoms with van der Waals surface area (Å²) in [5, 5.41) is 13.9. The summed E-state index contributed by atoms with van der Waals surface area (Å²) >= 11 is 0. The molecule has 4 heteroatoms. The van der Waals surface area contributed by atoms with Crippen molar-refractivity contribution in [3.63, 3.8) is 0 Å². The predicted molar refractivity (Wildman–Crippen MR) is 116 cm³/mol. The summed E-state index contributed by atoms with van der Waals surface area (Å²) in [6.45, 7) is 10.4. The molecule has 2 rings (SSSR count). The van der Waals surface area contributed by atoms with Gasteiger partial charge < -0.3 is 15.2 Å². The minimum atomic E-state index is -0.414. The van der Waals surface area contributed by atoms with E-state index in [1.807, 2.05) is 52.1 Å². The van der Waals surface area contributed by atoms with Crippen LogP contribution in [-0.4, -0.2) is 24.5 Å². The molecule has 0 aromatic heterocycles. The number of benzene rings is 2. The highest BCUT2D eigenvalue weighted by Gasteiger charge is 2.23. The molecule has 0 bridgehead atoms. The van der Waals surface area contributed by atoms with Gasteiger partial charge in [-0.3, -0.25) is 4.79 Å². The van der Waals surface area contributed by atoms with Crippen molar-refractivity contribution in [2.24, 2.45) is 0 Å². The lowest BCUT2D eigenvalue weighted by Crippen LogP contribution is -2.14. The average molecular weight is 380 g/mol. The van der Waals surface area contributed by atoms with Crippen LogP contribution in [0.3, 0.4) is 0 Å². The van der Waals surface area contributed by atoms with E-state index in [9.17, 15) is 9.90 Å². The van der Waals surface area contributed by atoms with Gasteiger partial charge in [-0.2, -0.15) is 0 Å². The highest BCUT2D eigenvalue weighted by molar-refractivity contribution is 6.07. The summed E-state index contributed by atoms with van der Waals surface area (Å²) in [5.74, 6) is 0.516. The Morgan fingerprint density at radius 2 is 1.89 bits per heavy atom. The first-order valence-corrected chi connectivity index (χ1v) is 9.47. The maximum Gasteiger partial charge on any atom is 0.185 e. The lowest BCUT2D eigenvalue weighted by Gasteiger charge is -2.23. The second-order valence-electron chi connectivity index (χ2n) is 7.17. The number of anilines is 1. The molecule has 0 aliphatic rings. The summed E-state index contributed by atoms with van der Waals surface area (Å²) in [5.41, 5.74) is 2.34. The molecule has 2 aromatic rings. The number of phenolic OH excluding ortho intramolecular Hbond substituents is 1. The van der Waals surface area contributed by atoms with Crippen LogP contribution in [0.1, 0.15) is 48.7 Å². The zero-order chi connectivity index (χ0) is 20.7. The molecule has 0 saturated carbocycles. The second kappa shape index (κ2) is 9.27. The van der Waals surface area contributed by atoms with Crippen molar-refractivity contribution in [3.8, 4) is 11.5 Å². The summed E-state index contributed by atoms with van der Waals surface area (Å²) < 4.78 is 5.78. The summed E-state index contributed by atoms with van der Waals surface area (Å²) in [6.07, 6.45) is 5.72. The van der Waals surface area contributed by atoms with E-state index in [1.54, 1.807) is 24.3 Å². The van der Waals surface area contributed by atoms with Crippen LogP contribution in [0.2, 0.25) is 0 Å². The SMILES string of the molecule is C=CC(C)(C)c1ccc(OCCC)c(/C=C/C(=O)c2ccc(NC)cc2)c1O. The van der Waals surface area contributed by atoms with Gasteiger partial charge in [0, 0.05) is 29.3 Å². The van der Waals surface area contributed by atoms with E-state index in [1.165, 1.54) is 6.08 Å². The summed E-state index contributed by atoms with van der Waals surface area (Å²) in [6, 6.07) is 10.9. The zero-order valence-corrected chi connectivity index (χ0v) is 17.1. The minimum absolute atomic E-state index is 0.105. The molecule has 4 nitrogen and oxygen atoms in total. The molecular formula is C24H29NO3. The predicted octanol–water partition coefficient (Wildman–Crippen LogP) is 5.58. The molecule has 0 fully saturated rings. The first-order chi connectivity index (χ1) is 13.3. The Balaban J connectivity index is 2.42. The van der Waals surface area contributed by atoms with Crippen molar-refractivity contribution in [2.75, 3.05) is 19.0 Å². The number of ketones is 1. The van der Waals surface area contributed by atoms with Crippen molar-refractivity contribution in [2.45, 2.75) is 32.6 Å². The van der Waals surface area contributed by atoms with Gasteiger partial charge in [0.25, 0.3) is 0 Å². The van der Waals surface area contributed by atoms with Gasteiger partial charge >= 0.3 is 0 Å². The molecule has 0 atom stereocenters. The Labute approximate surface area is 167 Å². The van der Waals surface area contributed by atoms with E-state index >= 15 is 0 Å². The fraction of sp³-hybridized carbons (Fsp3) is 0.292. The van der Waals surface area contributed by atoms with E-state index in [0.717, 1.165) is 17.7 Å². The van der Waals surface area contributed by atoms with Gasteiger partial charge in [-0.15, -0.1) is 6.58 Å². The van der Waals surface area contributed by atoms with Crippen molar-refractivity contribution < 1.29 is 14.6 Å². The number of phenols is 1. The molecule has 0 heterocycles. The Kier molecular flexibility index (Phi) is 7.05. The molecule has 28 heavy (non-hydrogen) atoms. The molecule has 2 N–H and O–H groups in total. The Morgan fingerprint density at radius 3 is 2.46 bits per heavy atom. The van der Waals surface area contributed by atoms with Crippen LogP contribution in [0, 0.1) is 0 Å². The van der Waals surface area contributed by atoms with E-state index in [4.69, 9.17) is 4.74 Å². The number of allylic oxidation sites excluding steroid dienone is 2. The van der Waals surface area contributed by atoms with Gasteiger partial charge in [-0.05, 0) is 48.9 Å². The molecule has 0 spiro atoms. The Bertz CT molecular complexity index is 864. The first kappa shape index (κ1) is 21.3. The van der Waals surface area contributed by atoms with Crippen LogP contribution in [-0.2, 0) is 5.41 Å². The molecule has 148 valence electrons. The monoisotopic (exact) mass is 379 g/mol. The number of nitrogens with one attached hydrogen (secondary N) is 1. The summed E-state index contributed by atoms with van der Waals surface area (Å²) in [4.78, 5) is 12.5. The zero-order valence-electron chi connectivity index (χ0n) is 17.1. The lowest BCUT2D eigenvalue weighted by molar-refractivity contribution is 0.104. The van der Waals surface area contributed by atoms with E-state index in [2.05, 4.69) is 11.9 Å². The molecule has 0 amide bonds. The minimum Gasteiger partial charge on any atom is -0.507 e. The van der Waals surface area contributed by atoms with Crippen LogP contribution in [0.5, 0.6) is 11.5 Å². The number of ether oxygens (including phenoxy) is 1. The number of aromatic hydroxyl groups is 1. The van der Waals surface area contributed by atoms with Gasteiger partial charge in [0.2, 0.25) is 0 Å². The first-order valence-electron chi connectivity index (χ1n) is 9.47. The van der Waals surface area contributed by atoms with Crippen LogP contribution in [0.25, 0.3) is 6.08 Å². The third-order valence-electron chi connectivity index (χ3n) is 4.70. The fourth-order valence-electron chi connectivity index (χ4n) is 2.77. The van der Waals surface area contributed by atoms with Crippen LogP contribution in [0.15, 0.2) is 55.1 Å². The van der Waals surface area contributed by atoms with Crippen LogP contribution in [0.4, 0.5) is 5.69 Å². The van der Waals surface area contributed by atoms with Crippen molar-refractivity contribution in [1.82, 2.24) is 0 Å². The second-order valence-corrected chi connectivity index (χ2v) is 7.17. The van der Waals surface area contributed by atoms with E-state index in [-0.39, 0.29) is 11.5 Å². The van der Waals surface area contributed by atoms with Gasteiger partial charge in [0.15, 0.2) is 5.78 Å². The van der Waals surface area contributed by atoms with E-state index < -0.39 is 5.41 Å². The van der Waals surface area contributed by atoms with Gasteiger partial charge in [-0.1, -0.05) is 32.9 Å². The fourth-order valence-corrected chi connectivity index (χ4v) is 2.77. The summed E-state index contributed by atoms with van der Waals surface area (Å²) in [7, 11) is 1.83. The lowest BCUT2D eigenvalue weighted by atomic mass is 9.83. The topological polar surface area (TPSA) is 58.6 Å². The molecule has 0 aliphatic heterocycles. The third-order valence-corrected chi connectivity index (χ3v) is 4.70. The average Bonchev–Trinajstić information content (AvgIpc) is 2.71. The number of carbonyl (C=O) groups excluding carboxylic acids is 1. The van der Waals surface area contributed by atoms with Gasteiger partial charge in [0.05, 0.1) is 12.2 Å². The van der Waals surface area contributed by atoms with Crippen LogP contribution >= 0.6 is 0 Å². The molecule has 0 radical (unpaired) electrons. The van der Waals surface area contributed by atoms with E-state index in [0.29, 0.717) is 23.5 Å². The maximum absolute atomic E-state index is 12.5. The largest absolute Gasteiger partial charge is 0.507 e. The highest BCUT2D eigenvalue weighted by Crippen LogP contribution is 2.39. The molecule has 0 unspecified atom stereocenters. The third kappa shape index (κ3) is 4.83. The smallest absolute Gasteiger partial charge is 0.185 e. The maximum atomic E-state index is 12.5. The van der Waals surface area contributed by atoms with Crippen molar-refractivity contribution >= 4 is 17.5 Å². The van der Waals surface area contributed by atoms with Crippen LogP contribution < -0.4 is 10.1 Å². The van der Waals surface area contributed by atoms with Crippen molar-refractivity contribution in [1.29, 1.82) is 0 Å². The number of hydrogen-bond acceptors (Lipinski definition) is 4. The standard InChI is InChI=1S/C24H29NO3/c1-6-16-28-22-15-13-20(24(3,4)7-2)23(27)19(22)12-14-21(26)17-8-10-18(25-5)11-9-17/h7-15,25,27H,2,6,16H2,1,3-5H3/b14-12+. The highest BCUT2D eigenvalue weighted by atomic mass is 16.5. The quantitative estimate of drug-likeness (QED) is 0.339. The number of rotatable bonds is 9.